The summed E-state index contributed by atoms with van der Waals surface area (Å²) in [7, 11) is -4.12. The van der Waals surface area contributed by atoms with Crippen LogP contribution in [-0.2, 0) is 16.6 Å². The highest BCUT2D eigenvalue weighted by molar-refractivity contribution is 7.89. The summed E-state index contributed by atoms with van der Waals surface area (Å²) in [4.78, 5) is 11.4. The van der Waals surface area contributed by atoms with Gasteiger partial charge in [-0.1, -0.05) is 30.3 Å². The average Bonchev–Trinajstić information content (AvgIpc) is 3.12. The molecule has 3 rings (SSSR count). The smallest absolute Gasteiger partial charge is 0.337 e. The van der Waals surface area contributed by atoms with Gasteiger partial charge in [-0.2, -0.15) is 0 Å². The first-order valence-electron chi connectivity index (χ1n) is 7.62. The van der Waals surface area contributed by atoms with Crippen molar-refractivity contribution >= 4 is 21.7 Å². The van der Waals surface area contributed by atoms with Crippen molar-refractivity contribution < 1.29 is 22.7 Å². The van der Waals surface area contributed by atoms with Crippen molar-refractivity contribution in [1.29, 1.82) is 0 Å². The van der Waals surface area contributed by atoms with Gasteiger partial charge < -0.3 is 14.8 Å². The Labute approximate surface area is 150 Å². The first-order chi connectivity index (χ1) is 12.4. The van der Waals surface area contributed by atoms with E-state index in [4.69, 9.17) is 9.56 Å². The fraction of sp³-hybridized carbons (Fsp3) is 0.0556. The predicted molar refractivity (Wildman–Crippen MR) is 96.2 cm³/mol. The van der Waals surface area contributed by atoms with Crippen molar-refractivity contribution in [2.24, 2.45) is 5.14 Å². The Hall–Kier alpha value is -3.10. The van der Waals surface area contributed by atoms with Gasteiger partial charge in [0.15, 0.2) is 0 Å². The van der Waals surface area contributed by atoms with E-state index in [1.165, 1.54) is 12.3 Å². The molecule has 0 aliphatic rings. The Morgan fingerprint density at radius 3 is 2.42 bits per heavy atom. The van der Waals surface area contributed by atoms with Gasteiger partial charge in [0.25, 0.3) is 0 Å². The van der Waals surface area contributed by atoms with Crippen LogP contribution >= 0.6 is 0 Å². The fourth-order valence-electron chi connectivity index (χ4n) is 2.58. The lowest BCUT2D eigenvalue weighted by Crippen LogP contribution is -2.16. The minimum absolute atomic E-state index is 0.194. The van der Waals surface area contributed by atoms with Gasteiger partial charge in [0, 0.05) is 11.3 Å². The van der Waals surface area contributed by atoms with Gasteiger partial charge in [-0.05, 0) is 29.8 Å². The van der Waals surface area contributed by atoms with Crippen molar-refractivity contribution in [2.75, 3.05) is 5.32 Å². The third-order valence-corrected chi connectivity index (χ3v) is 4.73. The molecule has 0 unspecified atom stereocenters. The number of hydrogen-bond donors (Lipinski definition) is 3. The first-order valence-corrected chi connectivity index (χ1v) is 9.16. The summed E-state index contributed by atoms with van der Waals surface area (Å²) < 4.78 is 29.2. The molecule has 0 atom stereocenters. The average molecular weight is 372 g/mol. The maximum Gasteiger partial charge on any atom is 0.337 e. The second-order valence-corrected chi connectivity index (χ2v) is 7.07. The SMILES string of the molecule is NS(=O)(=O)c1cc(C(=O)O)c(NCc2ccco2)cc1-c1ccccc1. The van der Waals surface area contributed by atoms with E-state index in [0.29, 0.717) is 16.9 Å². The predicted octanol–water partition coefficient (Wildman–Crippen LogP) is 2.90. The van der Waals surface area contributed by atoms with Crippen molar-refractivity contribution in [3.05, 3.63) is 72.2 Å². The standard InChI is InChI=1S/C18H16N2O5S/c19-26(23,24)17-10-15(18(21)22)16(20-11-13-7-4-8-25-13)9-14(17)12-5-2-1-3-6-12/h1-10,20H,11H2,(H,21,22)(H2,19,23,24). The summed E-state index contributed by atoms with van der Waals surface area (Å²) in [6.45, 7) is 0.246. The van der Waals surface area contributed by atoms with Crippen LogP contribution in [0.15, 0.2) is 70.2 Å². The molecule has 0 aliphatic heterocycles. The van der Waals surface area contributed by atoms with Gasteiger partial charge in [-0.15, -0.1) is 0 Å². The molecule has 8 heteroatoms. The van der Waals surface area contributed by atoms with Gasteiger partial charge >= 0.3 is 5.97 Å². The van der Waals surface area contributed by atoms with E-state index in [-0.39, 0.29) is 22.7 Å². The molecule has 0 fully saturated rings. The number of primary sulfonamides is 1. The third kappa shape index (κ3) is 3.76. The number of hydrogen-bond acceptors (Lipinski definition) is 5. The van der Waals surface area contributed by atoms with Crippen LogP contribution in [0.3, 0.4) is 0 Å². The third-order valence-electron chi connectivity index (χ3n) is 3.77. The number of rotatable bonds is 6. The molecule has 7 nitrogen and oxygen atoms in total. The van der Waals surface area contributed by atoms with Crippen LogP contribution in [-0.4, -0.2) is 19.5 Å². The number of sulfonamides is 1. The number of nitrogens with one attached hydrogen (secondary N) is 1. The summed E-state index contributed by atoms with van der Waals surface area (Å²) in [6.07, 6.45) is 1.51. The lowest BCUT2D eigenvalue weighted by Gasteiger charge is -2.15. The van der Waals surface area contributed by atoms with Crippen LogP contribution < -0.4 is 10.5 Å². The first kappa shape index (κ1) is 17.7. The number of furan rings is 1. The van der Waals surface area contributed by atoms with Crippen LogP contribution in [0.5, 0.6) is 0 Å². The van der Waals surface area contributed by atoms with Gasteiger partial charge in [-0.3, -0.25) is 0 Å². The summed E-state index contributed by atoms with van der Waals surface area (Å²) in [6, 6.07) is 14.8. The molecule has 2 aromatic carbocycles. The molecule has 3 aromatic rings. The van der Waals surface area contributed by atoms with Gasteiger partial charge in [-0.25, -0.2) is 18.4 Å². The zero-order chi connectivity index (χ0) is 18.7. The molecule has 0 radical (unpaired) electrons. The van der Waals surface area contributed by atoms with Crippen LogP contribution in [0.25, 0.3) is 11.1 Å². The maximum atomic E-state index is 12.0. The highest BCUT2D eigenvalue weighted by Gasteiger charge is 2.22. The summed E-state index contributed by atoms with van der Waals surface area (Å²) >= 11 is 0. The van der Waals surface area contributed by atoms with Crippen molar-refractivity contribution in [2.45, 2.75) is 11.4 Å². The highest BCUT2D eigenvalue weighted by Crippen LogP contribution is 2.32. The Morgan fingerprint density at radius 1 is 1.12 bits per heavy atom. The maximum absolute atomic E-state index is 12.0. The van der Waals surface area contributed by atoms with Crippen LogP contribution in [0.1, 0.15) is 16.1 Å². The van der Waals surface area contributed by atoms with Gasteiger partial charge in [0.2, 0.25) is 10.0 Å². The van der Waals surface area contributed by atoms with E-state index in [2.05, 4.69) is 5.32 Å². The Morgan fingerprint density at radius 2 is 1.85 bits per heavy atom. The lowest BCUT2D eigenvalue weighted by atomic mass is 10.0. The van der Waals surface area contributed by atoms with Crippen LogP contribution in [0, 0.1) is 0 Å². The highest BCUT2D eigenvalue weighted by atomic mass is 32.2. The number of carboxylic acids is 1. The van der Waals surface area contributed by atoms with E-state index in [9.17, 15) is 18.3 Å². The molecule has 1 aromatic heterocycles. The molecule has 1 heterocycles. The summed E-state index contributed by atoms with van der Waals surface area (Å²) in [5.41, 5.74) is 0.995. The second-order valence-electron chi connectivity index (χ2n) is 5.54. The summed E-state index contributed by atoms with van der Waals surface area (Å²) in [5, 5.41) is 17.8. The van der Waals surface area contributed by atoms with Crippen LogP contribution in [0.4, 0.5) is 5.69 Å². The molecule has 0 amide bonds. The van der Waals surface area contributed by atoms with E-state index in [0.717, 1.165) is 6.07 Å². The second kappa shape index (κ2) is 7.03. The zero-order valence-electron chi connectivity index (χ0n) is 13.5. The minimum Gasteiger partial charge on any atom is -0.478 e. The van der Waals surface area contributed by atoms with E-state index in [1.54, 1.807) is 42.5 Å². The Kier molecular flexibility index (Phi) is 4.79. The van der Waals surface area contributed by atoms with E-state index >= 15 is 0 Å². The monoisotopic (exact) mass is 372 g/mol. The molecule has 134 valence electrons. The molecule has 0 aliphatic carbocycles. The molecule has 0 bridgehead atoms. The number of nitrogens with two attached hydrogens (primary N) is 1. The zero-order valence-corrected chi connectivity index (χ0v) is 14.4. The number of aromatic carboxylic acids is 1. The van der Waals surface area contributed by atoms with Gasteiger partial charge in [0.05, 0.1) is 23.3 Å². The van der Waals surface area contributed by atoms with Gasteiger partial charge in [0.1, 0.15) is 5.76 Å². The van der Waals surface area contributed by atoms with Crippen LogP contribution in [0.2, 0.25) is 0 Å². The molecular formula is C18H16N2O5S. The molecule has 0 spiro atoms. The van der Waals surface area contributed by atoms with Crippen molar-refractivity contribution in [1.82, 2.24) is 0 Å². The normalized spacial score (nSPS) is 11.3. The summed E-state index contributed by atoms with van der Waals surface area (Å²) in [5.74, 6) is -0.658. The lowest BCUT2D eigenvalue weighted by molar-refractivity contribution is 0.0697. The number of benzene rings is 2. The molecular weight excluding hydrogens is 356 g/mol. The Bertz CT molecular complexity index is 1030. The number of anilines is 1. The topological polar surface area (TPSA) is 123 Å². The number of carboxylic acid groups (broad SMARTS) is 1. The van der Waals surface area contributed by atoms with Crippen molar-refractivity contribution in [3.8, 4) is 11.1 Å². The Balaban J connectivity index is 2.15. The van der Waals surface area contributed by atoms with E-state index < -0.39 is 16.0 Å². The largest absolute Gasteiger partial charge is 0.478 e. The minimum atomic E-state index is -4.12. The van der Waals surface area contributed by atoms with E-state index in [1.807, 2.05) is 0 Å². The molecule has 0 saturated heterocycles. The molecule has 26 heavy (non-hydrogen) atoms. The number of carbonyl (C=O) groups is 1. The molecule has 0 saturated carbocycles. The fourth-order valence-corrected chi connectivity index (χ4v) is 3.34. The van der Waals surface area contributed by atoms with Crippen molar-refractivity contribution in [3.63, 3.8) is 0 Å². The molecule has 4 N–H and O–H groups in total. The quantitative estimate of drug-likeness (QED) is 0.611.